The lowest BCUT2D eigenvalue weighted by atomic mass is 10.0. The highest BCUT2D eigenvalue weighted by Gasteiger charge is 2.49. The normalized spacial score (nSPS) is 15.3. The summed E-state index contributed by atoms with van der Waals surface area (Å²) in [5.41, 5.74) is 1.46. The molecule has 0 unspecified atom stereocenters. The third-order valence-corrected chi connectivity index (χ3v) is 8.34. The molecule has 8 heteroatoms. The van der Waals surface area contributed by atoms with Crippen molar-refractivity contribution in [1.29, 1.82) is 5.26 Å². The first-order valence-electron chi connectivity index (χ1n) is 10.8. The highest BCUT2D eigenvalue weighted by Crippen LogP contribution is 2.36. The number of nitriles is 1. The zero-order valence-corrected chi connectivity index (χ0v) is 23.3. The first-order valence-corrected chi connectivity index (χ1v) is 13.2. The lowest BCUT2D eigenvalue weighted by Gasteiger charge is -2.29. The number of nitrogens with zero attached hydrogens (tertiary/aromatic N) is 3. The number of rotatable bonds is 8. The molecule has 1 fully saturated rings. The van der Waals surface area contributed by atoms with Gasteiger partial charge in [0, 0.05) is 20.3 Å². The number of carbonyl (C=O) groups is 1. The molecule has 5 nitrogen and oxygen atoms in total. The molecule has 1 aliphatic rings. The standard InChI is InChI=1S/C25H28IN3O2S2/c1-16(2)33-20-10-8-19(9-11-20)31-14-6-13-28-24(32)29(23(30)25(28,4)5)21-12-7-18(15-27)22(26)17(21)3/h7-12,16H,6,13-14H2,1-5H3. The highest BCUT2D eigenvalue weighted by atomic mass is 127. The first kappa shape index (κ1) is 25.8. The number of carbonyl (C=O) groups excluding carboxylic acids is 1. The Balaban J connectivity index is 1.66. The van der Waals surface area contributed by atoms with E-state index in [0.717, 1.165) is 27.0 Å². The fourth-order valence-electron chi connectivity index (χ4n) is 3.73. The van der Waals surface area contributed by atoms with E-state index >= 15 is 0 Å². The number of thioether (sulfide) groups is 1. The Morgan fingerprint density at radius 1 is 1.21 bits per heavy atom. The Hall–Kier alpha value is -1.83. The van der Waals surface area contributed by atoms with Crippen molar-refractivity contribution in [2.24, 2.45) is 0 Å². The van der Waals surface area contributed by atoms with Crippen LogP contribution in [0.3, 0.4) is 0 Å². The molecular formula is C25H28IN3O2S2. The van der Waals surface area contributed by atoms with E-state index < -0.39 is 5.54 Å². The van der Waals surface area contributed by atoms with E-state index in [4.69, 9.17) is 17.0 Å². The lowest BCUT2D eigenvalue weighted by molar-refractivity contribution is -0.123. The molecule has 1 amide bonds. The van der Waals surface area contributed by atoms with Crippen LogP contribution in [-0.4, -0.2) is 39.9 Å². The van der Waals surface area contributed by atoms with Crippen molar-refractivity contribution in [2.45, 2.75) is 56.7 Å². The molecule has 0 bridgehead atoms. The van der Waals surface area contributed by atoms with E-state index in [9.17, 15) is 10.1 Å². The van der Waals surface area contributed by atoms with Gasteiger partial charge in [0.15, 0.2) is 5.11 Å². The van der Waals surface area contributed by atoms with Crippen LogP contribution in [0.15, 0.2) is 41.3 Å². The molecule has 0 aromatic heterocycles. The molecule has 174 valence electrons. The van der Waals surface area contributed by atoms with Gasteiger partial charge < -0.3 is 9.64 Å². The van der Waals surface area contributed by atoms with Crippen molar-refractivity contribution in [3.8, 4) is 11.8 Å². The zero-order chi connectivity index (χ0) is 24.3. The number of anilines is 1. The summed E-state index contributed by atoms with van der Waals surface area (Å²) in [7, 11) is 0. The molecule has 0 spiro atoms. The fourth-order valence-corrected chi connectivity index (χ4v) is 5.64. The number of hydrogen-bond donors (Lipinski definition) is 0. The van der Waals surface area contributed by atoms with Crippen LogP contribution >= 0.6 is 46.6 Å². The van der Waals surface area contributed by atoms with Gasteiger partial charge in [-0.05, 0) is 104 Å². The van der Waals surface area contributed by atoms with Crippen molar-refractivity contribution in [3.63, 3.8) is 0 Å². The largest absolute Gasteiger partial charge is 0.494 e. The Kier molecular flexibility index (Phi) is 8.30. The maximum atomic E-state index is 13.3. The molecule has 0 aliphatic carbocycles. The molecule has 1 saturated heterocycles. The number of ether oxygens (including phenoxy) is 1. The summed E-state index contributed by atoms with van der Waals surface area (Å²) in [4.78, 5) is 18.1. The molecule has 0 radical (unpaired) electrons. The van der Waals surface area contributed by atoms with Gasteiger partial charge in [-0.3, -0.25) is 9.69 Å². The Bertz CT molecular complexity index is 1090. The molecule has 2 aromatic rings. The van der Waals surface area contributed by atoms with Gasteiger partial charge in [0.05, 0.1) is 17.9 Å². The van der Waals surface area contributed by atoms with E-state index in [1.807, 2.05) is 55.6 Å². The Morgan fingerprint density at radius 2 is 1.88 bits per heavy atom. The molecular weight excluding hydrogens is 565 g/mol. The van der Waals surface area contributed by atoms with Gasteiger partial charge >= 0.3 is 0 Å². The summed E-state index contributed by atoms with van der Waals surface area (Å²) in [6.45, 7) is 11.2. The minimum absolute atomic E-state index is 0.0599. The molecule has 33 heavy (non-hydrogen) atoms. The number of benzene rings is 2. The van der Waals surface area contributed by atoms with Gasteiger partial charge in [-0.2, -0.15) is 5.26 Å². The highest BCUT2D eigenvalue weighted by molar-refractivity contribution is 14.1. The molecule has 0 saturated carbocycles. The van der Waals surface area contributed by atoms with Gasteiger partial charge in [-0.15, -0.1) is 11.8 Å². The van der Waals surface area contributed by atoms with Gasteiger partial charge in [-0.1, -0.05) is 13.8 Å². The van der Waals surface area contributed by atoms with Crippen molar-refractivity contribution in [3.05, 3.63) is 51.1 Å². The second-order valence-electron chi connectivity index (χ2n) is 8.66. The Labute approximate surface area is 219 Å². The van der Waals surface area contributed by atoms with Crippen LogP contribution in [0.5, 0.6) is 5.75 Å². The third kappa shape index (κ3) is 5.47. The van der Waals surface area contributed by atoms with E-state index in [0.29, 0.717) is 29.1 Å². The number of thiocarbonyl (C=S) groups is 1. The Morgan fingerprint density at radius 3 is 2.48 bits per heavy atom. The summed E-state index contributed by atoms with van der Waals surface area (Å²) < 4.78 is 6.76. The van der Waals surface area contributed by atoms with E-state index in [1.54, 1.807) is 11.0 Å². The summed E-state index contributed by atoms with van der Waals surface area (Å²) >= 11 is 9.72. The fraction of sp³-hybridized carbons (Fsp3) is 0.400. The van der Waals surface area contributed by atoms with Crippen LogP contribution in [-0.2, 0) is 4.79 Å². The molecule has 0 N–H and O–H groups in total. The van der Waals surface area contributed by atoms with Crippen LogP contribution in [0.25, 0.3) is 0 Å². The summed E-state index contributed by atoms with van der Waals surface area (Å²) in [5.74, 6) is 0.780. The maximum Gasteiger partial charge on any atom is 0.258 e. The summed E-state index contributed by atoms with van der Waals surface area (Å²) in [5, 5.41) is 10.3. The van der Waals surface area contributed by atoms with E-state index in [-0.39, 0.29) is 5.91 Å². The molecule has 0 atom stereocenters. The summed E-state index contributed by atoms with van der Waals surface area (Å²) in [6.07, 6.45) is 0.733. The van der Waals surface area contributed by atoms with Crippen LogP contribution in [0.2, 0.25) is 0 Å². The van der Waals surface area contributed by atoms with Crippen molar-refractivity contribution in [1.82, 2.24) is 4.90 Å². The maximum absolute atomic E-state index is 13.3. The lowest BCUT2D eigenvalue weighted by Crippen LogP contribution is -2.44. The van der Waals surface area contributed by atoms with Gasteiger partial charge in [0.2, 0.25) is 0 Å². The van der Waals surface area contributed by atoms with Crippen LogP contribution in [0.4, 0.5) is 5.69 Å². The van der Waals surface area contributed by atoms with Crippen LogP contribution in [0, 0.1) is 21.8 Å². The average Bonchev–Trinajstić information content (AvgIpc) is 2.93. The third-order valence-electron chi connectivity index (χ3n) is 5.53. The van der Waals surface area contributed by atoms with Crippen molar-refractivity contribution >= 4 is 63.3 Å². The van der Waals surface area contributed by atoms with Gasteiger partial charge in [0.25, 0.3) is 5.91 Å². The molecule has 2 aromatic carbocycles. The topological polar surface area (TPSA) is 56.6 Å². The second kappa shape index (κ2) is 10.6. The number of halogens is 1. The quantitative estimate of drug-likeness (QED) is 0.158. The molecule has 1 aliphatic heterocycles. The first-order chi connectivity index (χ1) is 15.6. The van der Waals surface area contributed by atoms with Gasteiger partial charge in [-0.25, -0.2) is 0 Å². The van der Waals surface area contributed by atoms with Crippen molar-refractivity contribution in [2.75, 3.05) is 18.1 Å². The summed E-state index contributed by atoms with van der Waals surface area (Å²) in [6, 6.07) is 13.9. The van der Waals surface area contributed by atoms with E-state index in [1.165, 1.54) is 4.90 Å². The molecule has 3 rings (SSSR count). The zero-order valence-electron chi connectivity index (χ0n) is 19.5. The number of amides is 1. The predicted octanol–water partition coefficient (Wildman–Crippen LogP) is 6.15. The molecule has 1 heterocycles. The van der Waals surface area contributed by atoms with Crippen molar-refractivity contribution < 1.29 is 9.53 Å². The minimum Gasteiger partial charge on any atom is -0.494 e. The minimum atomic E-state index is -0.751. The van der Waals surface area contributed by atoms with Crippen LogP contribution < -0.4 is 9.64 Å². The van der Waals surface area contributed by atoms with E-state index in [2.05, 4.69) is 54.6 Å². The van der Waals surface area contributed by atoms with Gasteiger partial charge in [0.1, 0.15) is 17.4 Å². The second-order valence-corrected chi connectivity index (χ2v) is 11.8. The SMILES string of the molecule is Cc1c(N2C(=O)C(C)(C)N(CCCOc3ccc(SC(C)C)cc3)C2=S)ccc(C#N)c1I. The number of hydrogen-bond acceptors (Lipinski definition) is 5. The monoisotopic (exact) mass is 593 g/mol. The smallest absolute Gasteiger partial charge is 0.258 e. The van der Waals surface area contributed by atoms with Crippen LogP contribution in [0.1, 0.15) is 45.2 Å². The average molecular weight is 594 g/mol. The predicted molar refractivity (Wildman–Crippen MR) is 147 cm³/mol.